The molecular formula is C9H13BrN2O3S. The number of hydrogen-bond donors (Lipinski definition) is 2. The lowest BCUT2D eigenvalue weighted by Gasteiger charge is -2.14. The predicted molar refractivity (Wildman–Crippen MR) is 64.1 cm³/mol. The zero-order valence-corrected chi connectivity index (χ0v) is 11.3. The van der Waals surface area contributed by atoms with Crippen LogP contribution in [-0.2, 0) is 16.6 Å². The molecule has 1 rings (SSSR count). The van der Waals surface area contributed by atoms with Crippen molar-refractivity contribution >= 4 is 26.0 Å². The summed E-state index contributed by atoms with van der Waals surface area (Å²) in [6.45, 7) is -0.197. The largest absolute Gasteiger partial charge is 0.392 e. The van der Waals surface area contributed by atoms with Crippen LogP contribution >= 0.6 is 15.9 Å². The average Bonchev–Trinajstić information content (AvgIpc) is 2.16. The van der Waals surface area contributed by atoms with Gasteiger partial charge in [-0.2, -0.15) is 0 Å². The van der Waals surface area contributed by atoms with Crippen molar-refractivity contribution in [1.29, 1.82) is 0 Å². The predicted octanol–water partition coefficient (Wildman–Crippen LogP) is 0.696. The van der Waals surface area contributed by atoms with E-state index in [1.165, 1.54) is 11.1 Å². The van der Waals surface area contributed by atoms with E-state index < -0.39 is 10.0 Å². The van der Waals surface area contributed by atoms with Crippen LogP contribution in [0.4, 0.5) is 0 Å². The highest BCUT2D eigenvalue weighted by Gasteiger charge is 2.18. The van der Waals surface area contributed by atoms with Gasteiger partial charge >= 0.3 is 0 Å². The molecule has 16 heavy (non-hydrogen) atoms. The van der Waals surface area contributed by atoms with Gasteiger partial charge < -0.3 is 5.11 Å². The van der Waals surface area contributed by atoms with Gasteiger partial charge in [-0.3, -0.25) is 0 Å². The van der Waals surface area contributed by atoms with Crippen LogP contribution in [-0.4, -0.2) is 32.6 Å². The van der Waals surface area contributed by atoms with Gasteiger partial charge in [0.1, 0.15) is 0 Å². The van der Waals surface area contributed by atoms with Gasteiger partial charge in [0.25, 0.3) is 10.0 Å². The molecule has 0 spiro atoms. The molecule has 0 saturated carbocycles. The Morgan fingerprint density at radius 2 is 2.06 bits per heavy atom. The van der Waals surface area contributed by atoms with E-state index in [0.29, 0.717) is 10.0 Å². The van der Waals surface area contributed by atoms with Gasteiger partial charge in [-0.15, -0.1) is 4.83 Å². The lowest BCUT2D eigenvalue weighted by Crippen LogP contribution is -2.36. The molecule has 5 nitrogen and oxygen atoms in total. The SMILES string of the molecule is CN(C)NS(=O)(=O)c1cc(CO)ccc1Br. The quantitative estimate of drug-likeness (QED) is 0.803. The molecule has 0 fully saturated rings. The van der Waals surface area contributed by atoms with Crippen LogP contribution in [0.3, 0.4) is 0 Å². The van der Waals surface area contributed by atoms with Crippen molar-refractivity contribution in [2.75, 3.05) is 14.1 Å². The third-order valence-corrected chi connectivity index (χ3v) is 4.25. The highest BCUT2D eigenvalue weighted by Crippen LogP contribution is 2.23. The molecule has 0 heterocycles. The molecule has 0 bridgehead atoms. The van der Waals surface area contributed by atoms with Crippen molar-refractivity contribution in [3.63, 3.8) is 0 Å². The molecule has 0 saturated heterocycles. The highest BCUT2D eigenvalue weighted by molar-refractivity contribution is 9.10. The first-order valence-corrected chi connectivity index (χ1v) is 6.73. The summed E-state index contributed by atoms with van der Waals surface area (Å²) in [4.78, 5) is 2.43. The smallest absolute Gasteiger partial charge is 0.254 e. The monoisotopic (exact) mass is 308 g/mol. The maximum atomic E-state index is 11.9. The number of hydrogen-bond acceptors (Lipinski definition) is 4. The Morgan fingerprint density at radius 3 is 2.56 bits per heavy atom. The number of aliphatic hydroxyl groups is 1. The first kappa shape index (κ1) is 13.6. The number of benzene rings is 1. The second kappa shape index (κ2) is 5.24. The second-order valence-electron chi connectivity index (χ2n) is 3.41. The fraction of sp³-hybridized carbons (Fsp3) is 0.333. The summed E-state index contributed by atoms with van der Waals surface area (Å²) in [7, 11) is -0.436. The third-order valence-electron chi connectivity index (χ3n) is 1.77. The van der Waals surface area contributed by atoms with Gasteiger partial charge in [-0.05, 0) is 33.6 Å². The molecule has 0 radical (unpaired) electrons. The van der Waals surface area contributed by atoms with Crippen molar-refractivity contribution in [2.45, 2.75) is 11.5 Å². The molecule has 7 heteroatoms. The first-order valence-electron chi connectivity index (χ1n) is 4.46. The summed E-state index contributed by atoms with van der Waals surface area (Å²) in [5, 5.41) is 10.3. The Morgan fingerprint density at radius 1 is 1.44 bits per heavy atom. The molecule has 1 aromatic rings. The van der Waals surface area contributed by atoms with Crippen molar-refractivity contribution in [3.8, 4) is 0 Å². The van der Waals surface area contributed by atoms with Crippen LogP contribution in [0.5, 0.6) is 0 Å². The van der Waals surface area contributed by atoms with Crippen molar-refractivity contribution < 1.29 is 13.5 Å². The van der Waals surface area contributed by atoms with Crippen molar-refractivity contribution in [2.24, 2.45) is 0 Å². The molecule has 1 aromatic carbocycles. The van der Waals surface area contributed by atoms with Crippen LogP contribution < -0.4 is 4.83 Å². The number of aliphatic hydroxyl groups excluding tert-OH is 1. The van der Waals surface area contributed by atoms with E-state index in [2.05, 4.69) is 20.8 Å². The van der Waals surface area contributed by atoms with Gasteiger partial charge in [-0.1, -0.05) is 6.07 Å². The van der Waals surface area contributed by atoms with Crippen LogP contribution in [0.25, 0.3) is 0 Å². The molecule has 0 unspecified atom stereocenters. The minimum atomic E-state index is -3.60. The summed E-state index contributed by atoms with van der Waals surface area (Å²) in [5.74, 6) is 0. The summed E-state index contributed by atoms with van der Waals surface area (Å²) >= 11 is 3.17. The van der Waals surface area contributed by atoms with Crippen molar-refractivity contribution in [1.82, 2.24) is 9.84 Å². The lowest BCUT2D eigenvalue weighted by molar-refractivity contribution is 0.281. The summed E-state index contributed by atoms with van der Waals surface area (Å²) in [6, 6.07) is 4.67. The Labute approximate surface area is 103 Å². The van der Waals surface area contributed by atoms with E-state index in [0.717, 1.165) is 0 Å². The molecule has 90 valence electrons. The second-order valence-corrected chi connectivity index (χ2v) is 5.90. The number of rotatable bonds is 4. The number of hydrazine groups is 1. The highest BCUT2D eigenvalue weighted by atomic mass is 79.9. The Bertz CT molecular complexity index is 474. The van der Waals surface area contributed by atoms with Crippen molar-refractivity contribution in [3.05, 3.63) is 28.2 Å². The Balaban J connectivity index is 3.21. The molecule has 0 aromatic heterocycles. The topological polar surface area (TPSA) is 69.6 Å². The molecule has 0 aliphatic heterocycles. The summed E-state index contributed by atoms with van der Waals surface area (Å²) in [6.07, 6.45) is 0. The fourth-order valence-corrected chi connectivity index (χ4v) is 3.24. The molecule has 2 N–H and O–H groups in total. The Kier molecular flexibility index (Phi) is 4.45. The standard InChI is InChI=1S/C9H13BrN2O3S/c1-12(2)11-16(14,15)9-5-7(6-13)3-4-8(9)10/h3-5,11,13H,6H2,1-2H3. The van der Waals surface area contributed by atoms with Crippen LogP contribution in [0, 0.1) is 0 Å². The molecule has 0 atom stereocenters. The van der Waals surface area contributed by atoms with E-state index in [9.17, 15) is 8.42 Å². The van der Waals surface area contributed by atoms with E-state index in [-0.39, 0.29) is 11.5 Å². The van der Waals surface area contributed by atoms with Gasteiger partial charge in [0.05, 0.1) is 11.5 Å². The summed E-state index contributed by atoms with van der Waals surface area (Å²) < 4.78 is 24.2. The molecular weight excluding hydrogens is 296 g/mol. The fourth-order valence-electron chi connectivity index (χ4n) is 1.14. The number of nitrogens with one attached hydrogen (secondary N) is 1. The van der Waals surface area contributed by atoms with Gasteiger partial charge in [0.15, 0.2) is 0 Å². The normalized spacial score (nSPS) is 12.1. The van der Waals surface area contributed by atoms with Gasteiger partial charge in [0, 0.05) is 18.6 Å². The van der Waals surface area contributed by atoms with E-state index >= 15 is 0 Å². The number of sulfonamides is 1. The minimum Gasteiger partial charge on any atom is -0.392 e. The van der Waals surface area contributed by atoms with E-state index in [4.69, 9.17) is 5.11 Å². The third kappa shape index (κ3) is 3.26. The number of halogens is 1. The van der Waals surface area contributed by atoms with Gasteiger partial charge in [-0.25, -0.2) is 13.4 Å². The molecule has 0 amide bonds. The lowest BCUT2D eigenvalue weighted by atomic mass is 10.2. The molecule has 0 aliphatic carbocycles. The van der Waals surface area contributed by atoms with Gasteiger partial charge in [0.2, 0.25) is 0 Å². The van der Waals surface area contributed by atoms with Crippen LogP contribution in [0.2, 0.25) is 0 Å². The Hall–Kier alpha value is -0.470. The minimum absolute atomic E-state index is 0.104. The zero-order chi connectivity index (χ0) is 12.3. The molecule has 0 aliphatic rings. The summed E-state index contributed by atoms with van der Waals surface area (Å²) in [5.41, 5.74) is 0.544. The maximum Gasteiger partial charge on any atom is 0.254 e. The first-order chi connectivity index (χ1) is 7.36. The van der Waals surface area contributed by atoms with E-state index in [1.54, 1.807) is 26.2 Å². The number of nitrogens with zero attached hydrogens (tertiary/aromatic N) is 1. The maximum absolute atomic E-state index is 11.9. The zero-order valence-electron chi connectivity index (χ0n) is 8.94. The van der Waals surface area contributed by atoms with Crippen LogP contribution in [0.1, 0.15) is 5.56 Å². The average molecular weight is 309 g/mol. The van der Waals surface area contributed by atoms with Crippen LogP contribution in [0.15, 0.2) is 27.6 Å². The van der Waals surface area contributed by atoms with E-state index in [1.807, 2.05) is 0 Å².